The van der Waals surface area contributed by atoms with Gasteiger partial charge in [0.25, 0.3) is 5.91 Å². The van der Waals surface area contributed by atoms with Crippen molar-refractivity contribution in [2.75, 3.05) is 10.6 Å². The molecule has 0 saturated carbocycles. The molecule has 3 N–H and O–H groups in total. The van der Waals surface area contributed by atoms with Crippen molar-refractivity contribution in [3.8, 4) is 0 Å². The summed E-state index contributed by atoms with van der Waals surface area (Å²) in [4.78, 5) is 27.8. The number of hydrogen-bond acceptors (Lipinski definition) is 4. The summed E-state index contributed by atoms with van der Waals surface area (Å²) >= 11 is 1.38. The number of anilines is 2. The van der Waals surface area contributed by atoms with E-state index >= 15 is 0 Å². The lowest BCUT2D eigenvalue weighted by atomic mass is 10.2. The molecule has 0 fully saturated rings. The summed E-state index contributed by atoms with van der Waals surface area (Å²) in [6, 6.07) is 6.46. The zero-order valence-corrected chi connectivity index (χ0v) is 13.5. The van der Waals surface area contributed by atoms with Crippen LogP contribution in [0.15, 0.2) is 29.6 Å². The molecule has 2 aromatic rings. The number of aromatic nitrogens is 1. The van der Waals surface area contributed by atoms with Crippen molar-refractivity contribution < 1.29 is 9.59 Å². The van der Waals surface area contributed by atoms with E-state index in [1.807, 2.05) is 26.2 Å². The highest BCUT2D eigenvalue weighted by Crippen LogP contribution is 2.16. The lowest BCUT2D eigenvalue weighted by molar-refractivity contribution is 0.102. The van der Waals surface area contributed by atoms with Crippen molar-refractivity contribution in [3.05, 3.63) is 40.9 Å². The van der Waals surface area contributed by atoms with Crippen LogP contribution < -0.4 is 16.0 Å². The molecule has 116 valence electrons. The molecule has 3 amide bonds. The number of nitrogens with zero attached hydrogens (tertiary/aromatic N) is 1. The highest BCUT2D eigenvalue weighted by molar-refractivity contribution is 7.13. The summed E-state index contributed by atoms with van der Waals surface area (Å²) < 4.78 is 0. The van der Waals surface area contributed by atoms with E-state index in [9.17, 15) is 9.59 Å². The molecule has 0 atom stereocenters. The molecule has 1 aromatic carbocycles. The second kappa shape index (κ2) is 7.04. The largest absolute Gasteiger partial charge is 0.336 e. The van der Waals surface area contributed by atoms with E-state index in [1.165, 1.54) is 11.3 Å². The molecule has 1 heterocycles. The first-order chi connectivity index (χ1) is 10.4. The first-order valence-electron chi connectivity index (χ1n) is 6.85. The first-order valence-corrected chi connectivity index (χ1v) is 7.73. The molecule has 0 bridgehead atoms. The number of benzene rings is 1. The van der Waals surface area contributed by atoms with E-state index in [0.29, 0.717) is 16.4 Å². The summed E-state index contributed by atoms with van der Waals surface area (Å²) in [5, 5.41) is 10.6. The fraction of sp³-hybridized carbons (Fsp3) is 0.267. The Morgan fingerprint density at radius 3 is 2.36 bits per heavy atom. The number of aryl methyl sites for hydroxylation is 1. The highest BCUT2D eigenvalue weighted by Gasteiger charge is 2.09. The van der Waals surface area contributed by atoms with Crippen LogP contribution in [0.4, 0.5) is 15.6 Å². The van der Waals surface area contributed by atoms with Gasteiger partial charge in [0.05, 0.1) is 5.69 Å². The molecule has 0 spiro atoms. The SMILES string of the molecule is Cc1csc(NC(=O)c2ccc(NC(=O)NC(C)C)cc2)n1. The van der Waals surface area contributed by atoms with Gasteiger partial charge in [0.15, 0.2) is 5.13 Å². The highest BCUT2D eigenvalue weighted by atomic mass is 32.1. The van der Waals surface area contributed by atoms with Crippen molar-refractivity contribution in [3.63, 3.8) is 0 Å². The first kappa shape index (κ1) is 16.0. The Morgan fingerprint density at radius 1 is 1.14 bits per heavy atom. The van der Waals surface area contributed by atoms with Crippen LogP contribution in [-0.4, -0.2) is 23.0 Å². The van der Waals surface area contributed by atoms with E-state index in [4.69, 9.17) is 0 Å². The quantitative estimate of drug-likeness (QED) is 0.809. The van der Waals surface area contributed by atoms with Gasteiger partial charge < -0.3 is 10.6 Å². The van der Waals surface area contributed by atoms with Crippen molar-refractivity contribution in [2.45, 2.75) is 26.8 Å². The Labute approximate surface area is 133 Å². The van der Waals surface area contributed by atoms with Crippen LogP contribution in [-0.2, 0) is 0 Å². The van der Waals surface area contributed by atoms with E-state index in [-0.39, 0.29) is 18.0 Å². The number of rotatable bonds is 4. The molecule has 1 aromatic heterocycles. The number of nitrogens with one attached hydrogen (secondary N) is 3. The van der Waals surface area contributed by atoms with Crippen LogP contribution in [0.3, 0.4) is 0 Å². The Bertz CT molecular complexity index is 664. The minimum atomic E-state index is -0.273. The third-order valence-corrected chi connectivity index (χ3v) is 3.54. The summed E-state index contributed by atoms with van der Waals surface area (Å²) in [6.45, 7) is 5.63. The Kier molecular flexibility index (Phi) is 5.11. The smallest absolute Gasteiger partial charge is 0.319 e. The zero-order chi connectivity index (χ0) is 16.1. The van der Waals surface area contributed by atoms with Crippen LogP contribution in [0.25, 0.3) is 0 Å². The molecule has 0 aliphatic heterocycles. The van der Waals surface area contributed by atoms with Crippen molar-refractivity contribution in [1.29, 1.82) is 0 Å². The average Bonchev–Trinajstić information content (AvgIpc) is 2.83. The molecule has 6 nitrogen and oxygen atoms in total. The van der Waals surface area contributed by atoms with Gasteiger partial charge in [-0.05, 0) is 45.0 Å². The number of thiazole rings is 1. The maximum atomic E-state index is 12.1. The molecular formula is C15H18N4O2S. The third kappa shape index (κ3) is 4.56. The van der Waals surface area contributed by atoms with E-state index in [0.717, 1.165) is 5.69 Å². The monoisotopic (exact) mass is 318 g/mol. The van der Waals surface area contributed by atoms with Gasteiger partial charge in [-0.1, -0.05) is 0 Å². The second-order valence-corrected chi connectivity index (χ2v) is 5.94. The van der Waals surface area contributed by atoms with Gasteiger partial charge in [-0.25, -0.2) is 9.78 Å². The fourth-order valence-electron chi connectivity index (χ4n) is 1.71. The van der Waals surface area contributed by atoms with Crippen molar-refractivity contribution in [1.82, 2.24) is 10.3 Å². The minimum Gasteiger partial charge on any atom is -0.336 e. The molecular weight excluding hydrogens is 300 g/mol. The average molecular weight is 318 g/mol. The predicted octanol–water partition coefficient (Wildman–Crippen LogP) is 3.23. The standard InChI is InChI=1S/C15H18N4O2S/c1-9(2)16-14(21)18-12-6-4-11(5-7-12)13(20)19-15-17-10(3)8-22-15/h4-9H,1-3H3,(H2,16,18,21)(H,17,19,20). The van der Waals surface area contributed by atoms with Crippen LogP contribution >= 0.6 is 11.3 Å². The molecule has 0 aliphatic carbocycles. The van der Waals surface area contributed by atoms with Gasteiger partial charge in [-0.15, -0.1) is 11.3 Å². The van der Waals surface area contributed by atoms with E-state index in [2.05, 4.69) is 20.9 Å². The molecule has 7 heteroatoms. The number of carbonyl (C=O) groups excluding carboxylic acids is 2. The van der Waals surface area contributed by atoms with Crippen molar-refractivity contribution >= 4 is 34.1 Å². The summed E-state index contributed by atoms with van der Waals surface area (Å²) in [5.74, 6) is -0.229. The van der Waals surface area contributed by atoms with E-state index < -0.39 is 0 Å². The topological polar surface area (TPSA) is 83.1 Å². The number of amides is 3. The summed E-state index contributed by atoms with van der Waals surface area (Å²) in [7, 11) is 0. The fourth-order valence-corrected chi connectivity index (χ4v) is 2.40. The second-order valence-electron chi connectivity index (χ2n) is 5.08. The predicted molar refractivity (Wildman–Crippen MR) is 88.5 cm³/mol. The zero-order valence-electron chi connectivity index (χ0n) is 12.6. The lowest BCUT2D eigenvalue weighted by Gasteiger charge is -2.10. The van der Waals surface area contributed by atoms with Crippen LogP contribution in [0.2, 0.25) is 0 Å². The van der Waals surface area contributed by atoms with Crippen LogP contribution in [0.1, 0.15) is 29.9 Å². The normalized spacial score (nSPS) is 10.4. The van der Waals surface area contributed by atoms with Gasteiger partial charge in [-0.3, -0.25) is 10.1 Å². The molecule has 2 rings (SSSR count). The van der Waals surface area contributed by atoms with Gasteiger partial charge in [-0.2, -0.15) is 0 Å². The minimum absolute atomic E-state index is 0.0619. The maximum Gasteiger partial charge on any atom is 0.319 e. The number of urea groups is 1. The van der Waals surface area contributed by atoms with Gasteiger partial charge >= 0.3 is 6.03 Å². The van der Waals surface area contributed by atoms with Gasteiger partial charge in [0, 0.05) is 22.7 Å². The van der Waals surface area contributed by atoms with E-state index in [1.54, 1.807) is 24.3 Å². The number of carbonyl (C=O) groups is 2. The maximum absolute atomic E-state index is 12.1. The summed E-state index contributed by atoms with van der Waals surface area (Å²) in [5.41, 5.74) is 2.00. The molecule has 0 radical (unpaired) electrons. The van der Waals surface area contributed by atoms with Gasteiger partial charge in [0.1, 0.15) is 0 Å². The Morgan fingerprint density at radius 2 is 1.82 bits per heavy atom. The molecule has 22 heavy (non-hydrogen) atoms. The Balaban J connectivity index is 1.96. The van der Waals surface area contributed by atoms with Crippen LogP contribution in [0.5, 0.6) is 0 Å². The Hall–Kier alpha value is -2.41. The molecule has 0 aliphatic rings. The van der Waals surface area contributed by atoms with Gasteiger partial charge in [0.2, 0.25) is 0 Å². The lowest BCUT2D eigenvalue weighted by Crippen LogP contribution is -2.34. The molecule has 0 saturated heterocycles. The summed E-state index contributed by atoms with van der Waals surface area (Å²) in [6.07, 6.45) is 0. The number of hydrogen-bond donors (Lipinski definition) is 3. The molecule has 0 unspecified atom stereocenters. The van der Waals surface area contributed by atoms with Crippen molar-refractivity contribution in [2.24, 2.45) is 0 Å². The third-order valence-electron chi connectivity index (χ3n) is 2.66. The van der Waals surface area contributed by atoms with Crippen LogP contribution in [0, 0.1) is 6.92 Å².